The maximum atomic E-state index is 6.81. The molecule has 0 amide bonds. The van der Waals surface area contributed by atoms with E-state index in [9.17, 15) is 0 Å². The first-order chi connectivity index (χ1) is 11.1. The van der Waals surface area contributed by atoms with Gasteiger partial charge in [-0.25, -0.2) is 0 Å². The van der Waals surface area contributed by atoms with Crippen molar-refractivity contribution in [2.75, 3.05) is 0 Å². The Bertz CT molecular complexity index is 831. The van der Waals surface area contributed by atoms with Gasteiger partial charge < -0.3 is 4.43 Å². The Morgan fingerprint density at radius 3 is 2.17 bits per heavy atom. The number of hydrogen-bond donors (Lipinski definition) is 0. The lowest BCUT2D eigenvalue weighted by atomic mass is 10.0. The van der Waals surface area contributed by atoms with Crippen LogP contribution < -0.4 is 4.43 Å². The van der Waals surface area contributed by atoms with Crippen molar-refractivity contribution in [1.29, 1.82) is 0 Å². The van der Waals surface area contributed by atoms with Crippen molar-refractivity contribution < 1.29 is 4.43 Å². The molecule has 0 bridgehead atoms. The second kappa shape index (κ2) is 6.54. The Morgan fingerprint density at radius 1 is 0.826 bits per heavy atom. The second-order valence-corrected chi connectivity index (χ2v) is 11.3. The van der Waals surface area contributed by atoms with Gasteiger partial charge in [-0.1, -0.05) is 62.7 Å². The zero-order valence-corrected chi connectivity index (χ0v) is 15.8. The molecule has 0 fully saturated rings. The lowest BCUT2D eigenvalue weighted by molar-refractivity contribution is 0.543. The smallest absolute Gasteiger partial charge is 0.250 e. The quantitative estimate of drug-likeness (QED) is 0.357. The van der Waals surface area contributed by atoms with Crippen LogP contribution in [0.1, 0.15) is 20.8 Å². The molecule has 0 radical (unpaired) electrons. The maximum Gasteiger partial charge on any atom is 0.250 e. The van der Waals surface area contributed by atoms with E-state index in [2.05, 4.69) is 57.2 Å². The fourth-order valence-corrected chi connectivity index (χ4v) is 6.04. The van der Waals surface area contributed by atoms with E-state index in [0.717, 1.165) is 34.3 Å². The van der Waals surface area contributed by atoms with E-state index in [1.54, 1.807) is 0 Å². The molecule has 0 saturated heterocycles. The van der Waals surface area contributed by atoms with Crippen molar-refractivity contribution in [3.63, 3.8) is 0 Å². The van der Waals surface area contributed by atoms with Crippen LogP contribution >= 0.6 is 11.6 Å². The fourth-order valence-electron chi connectivity index (χ4n) is 3.29. The van der Waals surface area contributed by atoms with Crippen LogP contribution in [0.25, 0.3) is 21.5 Å². The molecule has 120 valence electrons. The molecule has 3 aromatic carbocycles. The lowest BCUT2D eigenvalue weighted by Gasteiger charge is -2.30. The second-order valence-electron chi connectivity index (χ2n) is 6.14. The number of benzene rings is 3. The molecule has 0 saturated carbocycles. The Balaban J connectivity index is 2.31. The van der Waals surface area contributed by atoms with Gasteiger partial charge in [0.05, 0.1) is 0 Å². The molecule has 3 heteroatoms. The minimum Gasteiger partial charge on any atom is -0.543 e. The molecule has 0 aliphatic carbocycles. The molecular weight excluding hydrogens is 320 g/mol. The summed E-state index contributed by atoms with van der Waals surface area (Å²) in [5, 5.41) is 5.49. The van der Waals surface area contributed by atoms with Crippen molar-refractivity contribution in [2.24, 2.45) is 0 Å². The molecule has 3 rings (SSSR count). The van der Waals surface area contributed by atoms with E-state index in [1.807, 2.05) is 12.1 Å². The molecule has 0 N–H and O–H groups in total. The summed E-state index contributed by atoms with van der Waals surface area (Å²) in [6, 6.07) is 20.2. The van der Waals surface area contributed by atoms with E-state index < -0.39 is 8.32 Å². The summed E-state index contributed by atoms with van der Waals surface area (Å²) in [6.07, 6.45) is 0. The third-order valence-electron chi connectivity index (χ3n) is 5.03. The van der Waals surface area contributed by atoms with Crippen LogP contribution in [0.3, 0.4) is 0 Å². The summed E-state index contributed by atoms with van der Waals surface area (Å²) in [6.45, 7) is 6.79. The average molecular weight is 343 g/mol. The number of fused-ring (bicyclic) bond motifs is 2. The Morgan fingerprint density at radius 2 is 1.48 bits per heavy atom. The summed E-state index contributed by atoms with van der Waals surface area (Å²) in [5.41, 5.74) is 0. The molecule has 23 heavy (non-hydrogen) atoms. The first kappa shape index (κ1) is 16.3. The average Bonchev–Trinajstić information content (AvgIpc) is 2.59. The van der Waals surface area contributed by atoms with E-state index in [1.165, 1.54) is 16.2 Å². The Labute approximate surface area is 144 Å². The van der Waals surface area contributed by atoms with Gasteiger partial charge in [0.2, 0.25) is 0 Å². The molecule has 0 heterocycles. The number of rotatable bonds is 5. The highest BCUT2D eigenvalue weighted by Crippen LogP contribution is 2.39. The zero-order valence-electron chi connectivity index (χ0n) is 14.0. The third-order valence-corrected chi connectivity index (χ3v) is 9.77. The minimum absolute atomic E-state index is 0.759. The fraction of sp³-hybridized carbons (Fsp3) is 0.300. The van der Waals surface area contributed by atoms with Gasteiger partial charge in [0, 0.05) is 15.8 Å². The number of halogens is 1. The van der Waals surface area contributed by atoms with Gasteiger partial charge >= 0.3 is 0 Å². The van der Waals surface area contributed by atoms with Gasteiger partial charge in [-0.3, -0.25) is 0 Å². The minimum atomic E-state index is -1.75. The zero-order chi connectivity index (χ0) is 16.4. The summed E-state index contributed by atoms with van der Waals surface area (Å²) >= 11 is 6.27. The predicted octanol–water partition coefficient (Wildman–Crippen LogP) is 7.03. The molecule has 0 spiro atoms. The first-order valence-corrected chi connectivity index (χ1v) is 11.3. The normalized spacial score (nSPS) is 12.0. The molecule has 0 aliphatic heterocycles. The van der Waals surface area contributed by atoms with E-state index in [4.69, 9.17) is 16.0 Å². The van der Waals surface area contributed by atoms with E-state index in [0.29, 0.717) is 0 Å². The highest BCUT2D eigenvalue weighted by atomic mass is 35.5. The van der Waals surface area contributed by atoms with E-state index in [-0.39, 0.29) is 0 Å². The molecule has 0 atom stereocenters. The predicted molar refractivity (Wildman–Crippen MR) is 104 cm³/mol. The van der Waals surface area contributed by atoms with Gasteiger partial charge in [0.25, 0.3) is 8.32 Å². The lowest BCUT2D eigenvalue weighted by Crippen LogP contribution is -2.39. The standard InChI is InChI=1S/C20H23ClOSi/c1-4-23(5-2,6-3)22-20-18-10-8-7-9-15(18)13-16-11-12-17(21)14-19(16)20/h7-14H,4-6H2,1-3H3. The molecule has 0 aliphatic rings. The van der Waals surface area contributed by atoms with Crippen LogP contribution in [-0.4, -0.2) is 8.32 Å². The van der Waals surface area contributed by atoms with Crippen LogP contribution in [0, 0.1) is 0 Å². The van der Waals surface area contributed by atoms with Crippen LogP contribution in [0.15, 0.2) is 48.5 Å². The molecule has 0 aromatic heterocycles. The summed E-state index contributed by atoms with van der Waals surface area (Å²) < 4.78 is 6.81. The highest BCUT2D eigenvalue weighted by molar-refractivity contribution is 6.74. The Hall–Kier alpha value is -1.51. The number of hydrogen-bond acceptors (Lipinski definition) is 1. The van der Waals surface area contributed by atoms with Gasteiger partial charge in [-0.2, -0.15) is 0 Å². The summed E-state index contributed by atoms with van der Waals surface area (Å²) in [4.78, 5) is 0. The van der Waals surface area contributed by atoms with Crippen molar-refractivity contribution in [3.05, 3.63) is 53.6 Å². The van der Waals surface area contributed by atoms with Crippen LogP contribution in [0.4, 0.5) is 0 Å². The third kappa shape index (κ3) is 2.98. The van der Waals surface area contributed by atoms with Gasteiger partial charge in [-0.15, -0.1) is 0 Å². The van der Waals surface area contributed by atoms with Crippen LogP contribution in [0.2, 0.25) is 23.2 Å². The van der Waals surface area contributed by atoms with Gasteiger partial charge in [0.15, 0.2) is 0 Å². The van der Waals surface area contributed by atoms with Crippen molar-refractivity contribution >= 4 is 41.5 Å². The first-order valence-electron chi connectivity index (χ1n) is 8.42. The van der Waals surface area contributed by atoms with Crippen molar-refractivity contribution in [3.8, 4) is 5.75 Å². The monoisotopic (exact) mass is 342 g/mol. The molecule has 0 unspecified atom stereocenters. The van der Waals surface area contributed by atoms with Crippen molar-refractivity contribution in [1.82, 2.24) is 0 Å². The van der Waals surface area contributed by atoms with Gasteiger partial charge in [-0.05, 0) is 47.1 Å². The SMILES string of the molecule is CC[Si](CC)(CC)Oc1c2ccccc2cc2ccc(Cl)cc12. The summed E-state index contributed by atoms with van der Waals surface area (Å²) in [5.74, 6) is 1.03. The molecule has 1 nitrogen and oxygen atoms in total. The van der Waals surface area contributed by atoms with Crippen LogP contribution in [-0.2, 0) is 0 Å². The molecular formula is C20H23ClOSi. The highest BCUT2D eigenvalue weighted by Gasteiger charge is 2.31. The Kier molecular flexibility index (Phi) is 4.65. The summed E-state index contributed by atoms with van der Waals surface area (Å²) in [7, 11) is -1.75. The van der Waals surface area contributed by atoms with Crippen LogP contribution in [0.5, 0.6) is 5.75 Å². The maximum absolute atomic E-state index is 6.81. The topological polar surface area (TPSA) is 9.23 Å². The van der Waals surface area contributed by atoms with Crippen molar-refractivity contribution in [2.45, 2.75) is 38.9 Å². The van der Waals surface area contributed by atoms with E-state index >= 15 is 0 Å². The van der Waals surface area contributed by atoms with Gasteiger partial charge in [0.1, 0.15) is 5.75 Å². The largest absolute Gasteiger partial charge is 0.543 e. The molecule has 3 aromatic rings.